The molecule has 2 aromatic carbocycles. The van der Waals surface area contributed by atoms with Crippen LogP contribution in [0.5, 0.6) is 5.75 Å². The molecule has 1 fully saturated rings. The molecule has 156 valence electrons. The van der Waals surface area contributed by atoms with E-state index in [2.05, 4.69) is 15.3 Å². The lowest BCUT2D eigenvalue weighted by atomic mass is 9.94. The number of hydrogen-bond acceptors (Lipinski definition) is 4. The van der Waals surface area contributed by atoms with Gasteiger partial charge in [0.25, 0.3) is 5.56 Å². The number of aromatic nitrogens is 2. The number of aromatic amines is 1. The summed E-state index contributed by atoms with van der Waals surface area (Å²) in [6, 6.07) is 14.4. The van der Waals surface area contributed by atoms with Gasteiger partial charge in [-0.3, -0.25) is 4.79 Å². The molecular weight excluding hydrogens is 380 g/mol. The minimum atomic E-state index is -0.203. The van der Waals surface area contributed by atoms with Gasteiger partial charge >= 0.3 is 6.03 Å². The number of anilines is 1. The van der Waals surface area contributed by atoms with E-state index in [0.717, 1.165) is 25.7 Å². The van der Waals surface area contributed by atoms with Crippen LogP contribution in [0.25, 0.3) is 10.9 Å². The molecule has 0 spiro atoms. The number of amides is 2. The van der Waals surface area contributed by atoms with Crippen LogP contribution < -0.4 is 15.6 Å². The fourth-order valence-electron chi connectivity index (χ4n) is 4.03. The predicted octanol–water partition coefficient (Wildman–Crippen LogP) is 4.30. The highest BCUT2D eigenvalue weighted by atomic mass is 16.5. The molecule has 0 atom stereocenters. The molecule has 2 amide bonds. The van der Waals surface area contributed by atoms with Gasteiger partial charge in [-0.2, -0.15) is 0 Å². The number of rotatable bonds is 5. The summed E-state index contributed by atoms with van der Waals surface area (Å²) in [5.74, 6) is 1.17. The Hall–Kier alpha value is -3.35. The first-order valence-corrected chi connectivity index (χ1v) is 10.3. The molecule has 0 unspecified atom stereocenters. The lowest BCUT2D eigenvalue weighted by molar-refractivity contribution is 0.160. The zero-order chi connectivity index (χ0) is 20.9. The smallest absolute Gasteiger partial charge is 0.322 e. The standard InChI is InChI=1S/C23H26N4O3/c1-30-18-11-7-8-16(14-18)24-23(29)27(17-9-3-2-4-10-17)15-21-25-20-13-6-5-12-19(20)22(28)26-21/h5-8,11-14,17H,2-4,9-10,15H2,1H3,(H,24,29)(H,25,26,28). The summed E-state index contributed by atoms with van der Waals surface area (Å²) in [4.78, 5) is 34.9. The van der Waals surface area contributed by atoms with Crippen molar-refractivity contribution in [1.29, 1.82) is 0 Å². The van der Waals surface area contributed by atoms with E-state index in [9.17, 15) is 9.59 Å². The van der Waals surface area contributed by atoms with Crippen LogP contribution in [-0.4, -0.2) is 34.1 Å². The van der Waals surface area contributed by atoms with Gasteiger partial charge in [-0.25, -0.2) is 9.78 Å². The lowest BCUT2D eigenvalue weighted by Gasteiger charge is -2.34. The van der Waals surface area contributed by atoms with E-state index in [4.69, 9.17) is 4.74 Å². The number of H-pyrrole nitrogens is 1. The van der Waals surface area contributed by atoms with Crippen molar-refractivity contribution in [3.63, 3.8) is 0 Å². The maximum Gasteiger partial charge on any atom is 0.322 e. The second-order valence-electron chi connectivity index (χ2n) is 7.61. The Morgan fingerprint density at radius 3 is 2.77 bits per heavy atom. The summed E-state index contributed by atoms with van der Waals surface area (Å²) in [7, 11) is 1.59. The average molecular weight is 406 g/mol. The van der Waals surface area contributed by atoms with Gasteiger partial charge in [-0.15, -0.1) is 0 Å². The Morgan fingerprint density at radius 2 is 1.97 bits per heavy atom. The van der Waals surface area contributed by atoms with Crippen molar-refractivity contribution in [2.24, 2.45) is 0 Å². The summed E-state index contributed by atoms with van der Waals surface area (Å²) in [6.07, 6.45) is 5.27. The first kappa shape index (κ1) is 19.9. The van der Waals surface area contributed by atoms with E-state index in [-0.39, 0.29) is 24.2 Å². The maximum atomic E-state index is 13.2. The Bertz CT molecular complexity index is 1090. The number of nitrogens with one attached hydrogen (secondary N) is 2. The molecule has 1 aliphatic rings. The van der Waals surface area contributed by atoms with Gasteiger partial charge in [0, 0.05) is 17.8 Å². The minimum Gasteiger partial charge on any atom is -0.497 e. The molecule has 0 bridgehead atoms. The third-order valence-electron chi connectivity index (χ3n) is 5.58. The number of carbonyl (C=O) groups excluding carboxylic acids is 1. The van der Waals surface area contributed by atoms with E-state index in [1.165, 1.54) is 6.42 Å². The van der Waals surface area contributed by atoms with Crippen LogP contribution in [0, 0.1) is 0 Å². The third-order valence-corrected chi connectivity index (χ3v) is 5.58. The first-order chi connectivity index (χ1) is 14.6. The second-order valence-corrected chi connectivity index (χ2v) is 7.61. The third kappa shape index (κ3) is 4.45. The molecule has 2 N–H and O–H groups in total. The highest BCUT2D eigenvalue weighted by Crippen LogP contribution is 2.25. The van der Waals surface area contributed by atoms with E-state index >= 15 is 0 Å². The number of urea groups is 1. The van der Waals surface area contributed by atoms with Gasteiger partial charge in [0.1, 0.15) is 11.6 Å². The fraction of sp³-hybridized carbons (Fsp3) is 0.348. The van der Waals surface area contributed by atoms with Gasteiger partial charge in [0.2, 0.25) is 0 Å². The van der Waals surface area contributed by atoms with Crippen LogP contribution in [0.15, 0.2) is 53.3 Å². The summed E-state index contributed by atoms with van der Waals surface area (Å²) in [6.45, 7) is 0.251. The monoisotopic (exact) mass is 406 g/mol. The van der Waals surface area contributed by atoms with Crippen molar-refractivity contribution < 1.29 is 9.53 Å². The highest BCUT2D eigenvalue weighted by molar-refractivity contribution is 5.89. The highest BCUT2D eigenvalue weighted by Gasteiger charge is 2.26. The zero-order valence-electron chi connectivity index (χ0n) is 17.1. The topological polar surface area (TPSA) is 87.3 Å². The summed E-state index contributed by atoms with van der Waals surface area (Å²) < 4.78 is 5.25. The molecule has 1 aromatic heterocycles. The molecule has 4 rings (SSSR count). The van der Waals surface area contributed by atoms with E-state index in [1.807, 2.05) is 36.4 Å². The van der Waals surface area contributed by atoms with E-state index in [0.29, 0.717) is 28.2 Å². The molecule has 1 heterocycles. The maximum absolute atomic E-state index is 13.2. The van der Waals surface area contributed by atoms with Gasteiger partial charge in [0.05, 0.1) is 24.6 Å². The molecular formula is C23H26N4O3. The van der Waals surface area contributed by atoms with Crippen LogP contribution in [0.2, 0.25) is 0 Å². The Labute approximate surface area is 175 Å². The second kappa shape index (κ2) is 8.98. The summed E-state index contributed by atoms with van der Waals surface area (Å²) >= 11 is 0. The number of benzene rings is 2. The summed E-state index contributed by atoms with van der Waals surface area (Å²) in [5.41, 5.74) is 1.11. The van der Waals surface area contributed by atoms with Crippen LogP contribution >= 0.6 is 0 Å². The Morgan fingerprint density at radius 1 is 1.17 bits per heavy atom. The predicted molar refractivity (Wildman–Crippen MR) is 117 cm³/mol. The van der Waals surface area contributed by atoms with Crippen molar-refractivity contribution in [3.8, 4) is 5.75 Å². The Kier molecular flexibility index (Phi) is 5.97. The van der Waals surface area contributed by atoms with Crippen molar-refractivity contribution in [2.75, 3.05) is 12.4 Å². The van der Waals surface area contributed by atoms with Crippen LogP contribution in [0.4, 0.5) is 10.5 Å². The van der Waals surface area contributed by atoms with Gasteiger partial charge in [-0.05, 0) is 37.1 Å². The fourth-order valence-corrected chi connectivity index (χ4v) is 4.03. The van der Waals surface area contributed by atoms with Crippen molar-refractivity contribution in [2.45, 2.75) is 44.7 Å². The molecule has 0 radical (unpaired) electrons. The van der Waals surface area contributed by atoms with Crippen molar-refractivity contribution in [3.05, 3.63) is 64.7 Å². The summed E-state index contributed by atoms with van der Waals surface area (Å²) in [5, 5.41) is 3.52. The van der Waals surface area contributed by atoms with Crippen molar-refractivity contribution in [1.82, 2.24) is 14.9 Å². The SMILES string of the molecule is COc1cccc(NC(=O)N(Cc2nc3ccccc3c(=O)[nH]2)C2CCCCC2)c1. The molecule has 30 heavy (non-hydrogen) atoms. The van der Waals surface area contributed by atoms with E-state index < -0.39 is 0 Å². The molecule has 1 saturated carbocycles. The number of nitrogens with zero attached hydrogens (tertiary/aromatic N) is 2. The van der Waals surface area contributed by atoms with Crippen LogP contribution in [0.1, 0.15) is 37.9 Å². The zero-order valence-corrected chi connectivity index (χ0v) is 17.1. The Balaban J connectivity index is 1.61. The molecule has 7 nitrogen and oxygen atoms in total. The van der Waals surface area contributed by atoms with Gasteiger partial charge in [-0.1, -0.05) is 37.5 Å². The number of para-hydroxylation sites is 1. The largest absolute Gasteiger partial charge is 0.497 e. The molecule has 3 aromatic rings. The molecule has 0 aliphatic heterocycles. The van der Waals surface area contributed by atoms with Crippen LogP contribution in [-0.2, 0) is 6.54 Å². The van der Waals surface area contributed by atoms with Gasteiger partial charge < -0.3 is 19.9 Å². The number of ether oxygens (including phenoxy) is 1. The first-order valence-electron chi connectivity index (χ1n) is 10.3. The number of hydrogen-bond donors (Lipinski definition) is 2. The lowest BCUT2D eigenvalue weighted by Crippen LogP contribution is -2.44. The number of fused-ring (bicyclic) bond motifs is 1. The quantitative estimate of drug-likeness (QED) is 0.661. The normalized spacial score (nSPS) is 14.4. The van der Waals surface area contributed by atoms with Gasteiger partial charge in [0.15, 0.2) is 0 Å². The van der Waals surface area contributed by atoms with Crippen LogP contribution in [0.3, 0.4) is 0 Å². The average Bonchev–Trinajstić information content (AvgIpc) is 2.78. The van der Waals surface area contributed by atoms with E-state index in [1.54, 1.807) is 24.1 Å². The van der Waals surface area contributed by atoms with Crippen molar-refractivity contribution >= 4 is 22.6 Å². The number of methoxy groups -OCH3 is 1. The number of carbonyl (C=O) groups is 1. The molecule has 7 heteroatoms. The molecule has 1 aliphatic carbocycles. The molecule has 0 saturated heterocycles. The minimum absolute atomic E-state index is 0.112.